The largest absolute Gasteiger partial charge is 0.493 e. The highest BCUT2D eigenvalue weighted by molar-refractivity contribution is 6.42. The van der Waals surface area contributed by atoms with Crippen LogP contribution in [-0.2, 0) is 17.8 Å². The highest BCUT2D eigenvalue weighted by Gasteiger charge is 2.24. The maximum atomic E-state index is 13.9. The molecule has 3 aromatic carbocycles. The number of rotatable bonds is 12. The fourth-order valence-corrected chi connectivity index (χ4v) is 5.12. The lowest BCUT2D eigenvalue weighted by molar-refractivity contribution is -0.132. The number of amides is 2. The molecule has 0 aliphatic rings. The van der Waals surface area contributed by atoms with Crippen LogP contribution in [0.5, 0.6) is 11.5 Å². The van der Waals surface area contributed by atoms with Crippen LogP contribution >= 0.6 is 23.2 Å². The van der Waals surface area contributed by atoms with Gasteiger partial charge in [-0.25, -0.2) is 0 Å². The van der Waals surface area contributed by atoms with Gasteiger partial charge in [0, 0.05) is 42.3 Å². The van der Waals surface area contributed by atoms with Crippen LogP contribution in [0.3, 0.4) is 0 Å². The Morgan fingerprint density at radius 2 is 1.66 bits per heavy atom. The van der Waals surface area contributed by atoms with Gasteiger partial charge in [0.25, 0.3) is 5.91 Å². The van der Waals surface area contributed by atoms with E-state index in [1.165, 1.54) is 0 Å². The molecule has 0 unspecified atom stereocenters. The van der Waals surface area contributed by atoms with Crippen LogP contribution in [0.15, 0.2) is 66.9 Å². The van der Waals surface area contributed by atoms with Crippen LogP contribution in [0.1, 0.15) is 35.3 Å². The number of ether oxygens (including phenoxy) is 2. The molecule has 41 heavy (non-hydrogen) atoms. The van der Waals surface area contributed by atoms with Crippen LogP contribution in [0.25, 0.3) is 10.9 Å². The molecule has 216 valence electrons. The maximum absolute atomic E-state index is 13.9. The lowest BCUT2D eigenvalue weighted by Gasteiger charge is -2.29. The molecule has 0 fully saturated rings. The molecule has 1 N–H and O–H groups in total. The van der Waals surface area contributed by atoms with Gasteiger partial charge < -0.3 is 24.3 Å². The van der Waals surface area contributed by atoms with Gasteiger partial charge in [0.05, 0.1) is 24.3 Å². The van der Waals surface area contributed by atoms with Crippen LogP contribution in [0.4, 0.5) is 0 Å². The number of nitrogens with one attached hydrogen (secondary N) is 1. The third kappa shape index (κ3) is 7.54. The Hall–Kier alpha value is -3.68. The van der Waals surface area contributed by atoms with E-state index in [-0.39, 0.29) is 24.3 Å². The number of benzene rings is 3. The lowest BCUT2D eigenvalue weighted by atomic mass is 10.1. The molecule has 0 atom stereocenters. The molecule has 0 radical (unpaired) electrons. The summed E-state index contributed by atoms with van der Waals surface area (Å²) in [5, 5.41) is 1.79. The van der Waals surface area contributed by atoms with Crippen molar-refractivity contribution < 1.29 is 19.1 Å². The Balaban J connectivity index is 1.60. The maximum Gasteiger partial charge on any atom is 0.254 e. The van der Waals surface area contributed by atoms with Crippen molar-refractivity contribution in [3.63, 3.8) is 0 Å². The van der Waals surface area contributed by atoms with Gasteiger partial charge in [-0.3, -0.25) is 9.59 Å². The summed E-state index contributed by atoms with van der Waals surface area (Å²) in [5.74, 6) is 0.926. The Labute approximate surface area is 250 Å². The van der Waals surface area contributed by atoms with E-state index < -0.39 is 0 Å². The summed E-state index contributed by atoms with van der Waals surface area (Å²) in [4.78, 5) is 34.1. The summed E-state index contributed by atoms with van der Waals surface area (Å²) >= 11 is 12.3. The average Bonchev–Trinajstić information content (AvgIpc) is 3.38. The normalized spacial score (nSPS) is 11.1. The molecule has 1 heterocycles. The number of H-pyrrole nitrogens is 1. The van der Waals surface area contributed by atoms with E-state index in [4.69, 9.17) is 32.7 Å². The summed E-state index contributed by atoms with van der Waals surface area (Å²) in [6.07, 6.45) is 2.64. The van der Waals surface area contributed by atoms with Crippen LogP contribution in [0.2, 0.25) is 10.0 Å². The van der Waals surface area contributed by atoms with E-state index in [0.29, 0.717) is 53.2 Å². The van der Waals surface area contributed by atoms with Crippen molar-refractivity contribution in [2.24, 2.45) is 5.92 Å². The Bertz CT molecular complexity index is 1520. The van der Waals surface area contributed by atoms with Crippen molar-refractivity contribution in [2.45, 2.75) is 26.8 Å². The van der Waals surface area contributed by atoms with E-state index >= 15 is 0 Å². The summed E-state index contributed by atoms with van der Waals surface area (Å²) in [6, 6.07) is 18.5. The number of methoxy groups -OCH3 is 2. The minimum absolute atomic E-state index is 0.0710. The summed E-state index contributed by atoms with van der Waals surface area (Å²) in [6.45, 7) is 5.18. The molecule has 4 aromatic rings. The number of fused-ring (bicyclic) bond motifs is 1. The van der Waals surface area contributed by atoms with E-state index in [9.17, 15) is 9.59 Å². The molecule has 2 amide bonds. The van der Waals surface area contributed by atoms with Gasteiger partial charge in [-0.15, -0.1) is 0 Å². The number of nitrogens with zero attached hydrogens (tertiary/aromatic N) is 2. The van der Waals surface area contributed by atoms with Crippen LogP contribution in [0, 0.1) is 5.92 Å². The first-order valence-corrected chi connectivity index (χ1v) is 14.2. The fourth-order valence-electron chi connectivity index (χ4n) is 4.82. The Morgan fingerprint density at radius 3 is 2.37 bits per heavy atom. The molecule has 1 aromatic heterocycles. The predicted molar refractivity (Wildman–Crippen MR) is 164 cm³/mol. The summed E-state index contributed by atoms with van der Waals surface area (Å²) in [5.41, 5.74) is 3.45. The van der Waals surface area contributed by atoms with E-state index in [2.05, 4.69) is 11.1 Å². The van der Waals surface area contributed by atoms with E-state index in [1.54, 1.807) is 42.2 Å². The molecule has 7 nitrogen and oxygen atoms in total. The SMILES string of the molecule is COc1ccc(CN(CCc2c[nH]c3ccccc23)C(=O)CN(CC(C)C)C(=O)c2ccc(Cl)c(Cl)c2)cc1OC. The predicted octanol–water partition coefficient (Wildman–Crippen LogP) is 6.86. The highest BCUT2D eigenvalue weighted by Crippen LogP contribution is 2.28. The second-order valence-electron chi connectivity index (χ2n) is 10.3. The number of halogens is 2. The molecular formula is C32H35Cl2N3O4. The van der Waals surface area contributed by atoms with E-state index in [1.807, 2.05) is 56.4 Å². The van der Waals surface area contributed by atoms with Crippen molar-refractivity contribution in [1.29, 1.82) is 0 Å². The Morgan fingerprint density at radius 1 is 0.902 bits per heavy atom. The zero-order valence-electron chi connectivity index (χ0n) is 23.7. The van der Waals surface area contributed by atoms with Gasteiger partial charge >= 0.3 is 0 Å². The van der Waals surface area contributed by atoms with Gasteiger partial charge in [-0.2, -0.15) is 0 Å². The van der Waals surface area contributed by atoms with Gasteiger partial charge in [0.2, 0.25) is 5.91 Å². The topological polar surface area (TPSA) is 74.9 Å². The molecule has 0 aliphatic carbocycles. The number of carbonyl (C=O) groups is 2. The van der Waals surface area contributed by atoms with Crippen molar-refractivity contribution in [2.75, 3.05) is 33.9 Å². The second-order valence-corrected chi connectivity index (χ2v) is 11.1. The molecular weight excluding hydrogens is 561 g/mol. The molecule has 4 rings (SSSR count). The smallest absolute Gasteiger partial charge is 0.254 e. The highest BCUT2D eigenvalue weighted by atomic mass is 35.5. The molecule has 0 aliphatic heterocycles. The van der Waals surface area contributed by atoms with Crippen LogP contribution in [-0.4, -0.2) is 60.5 Å². The number of hydrogen-bond acceptors (Lipinski definition) is 4. The number of para-hydroxylation sites is 1. The zero-order chi connectivity index (χ0) is 29.5. The monoisotopic (exact) mass is 595 g/mol. The minimum atomic E-state index is -0.270. The second kappa shape index (κ2) is 13.8. The van der Waals surface area contributed by atoms with Crippen molar-refractivity contribution >= 4 is 45.9 Å². The van der Waals surface area contributed by atoms with Gasteiger partial charge in [-0.1, -0.05) is 61.3 Å². The summed E-state index contributed by atoms with van der Waals surface area (Å²) < 4.78 is 10.9. The molecule has 0 saturated heterocycles. The molecule has 0 spiro atoms. The van der Waals surface area contributed by atoms with Crippen molar-refractivity contribution in [3.05, 3.63) is 93.6 Å². The minimum Gasteiger partial charge on any atom is -0.493 e. The molecule has 0 bridgehead atoms. The number of aromatic nitrogens is 1. The fraction of sp³-hybridized carbons (Fsp3) is 0.312. The molecule has 9 heteroatoms. The number of carbonyl (C=O) groups excluding carboxylic acids is 2. The third-order valence-electron chi connectivity index (χ3n) is 6.87. The average molecular weight is 597 g/mol. The quantitative estimate of drug-likeness (QED) is 0.194. The molecule has 0 saturated carbocycles. The summed E-state index contributed by atoms with van der Waals surface area (Å²) in [7, 11) is 3.17. The first-order valence-electron chi connectivity index (χ1n) is 13.5. The van der Waals surface area contributed by atoms with Crippen molar-refractivity contribution in [1.82, 2.24) is 14.8 Å². The van der Waals surface area contributed by atoms with Crippen LogP contribution < -0.4 is 9.47 Å². The Kier molecular flexibility index (Phi) is 10.2. The number of hydrogen-bond donors (Lipinski definition) is 1. The van der Waals surface area contributed by atoms with E-state index in [0.717, 1.165) is 22.0 Å². The van der Waals surface area contributed by atoms with Gasteiger partial charge in [0.15, 0.2) is 11.5 Å². The van der Waals surface area contributed by atoms with Gasteiger partial charge in [0.1, 0.15) is 6.54 Å². The lowest BCUT2D eigenvalue weighted by Crippen LogP contribution is -2.44. The number of aromatic amines is 1. The zero-order valence-corrected chi connectivity index (χ0v) is 25.3. The standard InChI is InChI=1S/C32H35Cl2N3O4/c1-21(2)18-37(32(39)23-10-11-26(33)27(34)16-23)20-31(38)36(19-22-9-12-29(40-3)30(15-22)41-4)14-13-24-17-35-28-8-6-5-7-25(24)28/h5-12,15-17,21,35H,13-14,18-20H2,1-4H3. The van der Waals surface area contributed by atoms with Gasteiger partial charge in [-0.05, 0) is 59.9 Å². The first-order chi connectivity index (χ1) is 19.7. The first kappa shape index (κ1) is 30.3. The third-order valence-corrected chi connectivity index (χ3v) is 7.60. The van der Waals surface area contributed by atoms with Crippen molar-refractivity contribution in [3.8, 4) is 11.5 Å².